The standard InChI is InChI=1S/C13H11ClFNO2S/c1-18-13(17)8-2-3-11(15)12(4-8)16-6-10-5-9(14)7-19-10/h2-5,7,16H,6H2,1H3. The zero-order valence-corrected chi connectivity index (χ0v) is 11.6. The van der Waals surface area contributed by atoms with Gasteiger partial charge in [0.15, 0.2) is 0 Å². The van der Waals surface area contributed by atoms with Gasteiger partial charge in [-0.2, -0.15) is 0 Å². The molecule has 0 unspecified atom stereocenters. The molecule has 1 aromatic heterocycles. The van der Waals surface area contributed by atoms with E-state index in [1.807, 2.05) is 0 Å². The molecule has 2 rings (SSSR count). The Hall–Kier alpha value is -1.59. The minimum atomic E-state index is -0.498. The Labute approximate surface area is 119 Å². The van der Waals surface area contributed by atoms with Crippen molar-refractivity contribution in [3.05, 3.63) is 50.9 Å². The van der Waals surface area contributed by atoms with Crippen LogP contribution in [-0.2, 0) is 11.3 Å². The molecule has 0 saturated carbocycles. The lowest BCUT2D eigenvalue weighted by Gasteiger charge is -2.08. The number of anilines is 1. The summed E-state index contributed by atoms with van der Waals surface area (Å²) < 4.78 is 18.2. The minimum absolute atomic E-state index is 0.257. The quantitative estimate of drug-likeness (QED) is 0.869. The fraction of sp³-hybridized carbons (Fsp3) is 0.154. The van der Waals surface area contributed by atoms with Crippen LogP contribution in [0, 0.1) is 5.82 Å². The van der Waals surface area contributed by atoms with Crippen LogP contribution in [0.3, 0.4) is 0 Å². The lowest BCUT2D eigenvalue weighted by atomic mass is 10.2. The van der Waals surface area contributed by atoms with Crippen molar-refractivity contribution in [2.75, 3.05) is 12.4 Å². The largest absolute Gasteiger partial charge is 0.465 e. The van der Waals surface area contributed by atoms with E-state index in [1.165, 1.54) is 36.6 Å². The number of methoxy groups -OCH3 is 1. The van der Waals surface area contributed by atoms with Gasteiger partial charge in [0.25, 0.3) is 0 Å². The Morgan fingerprint density at radius 1 is 1.47 bits per heavy atom. The number of halogens is 2. The molecule has 19 heavy (non-hydrogen) atoms. The fourth-order valence-electron chi connectivity index (χ4n) is 1.53. The van der Waals surface area contributed by atoms with Gasteiger partial charge in [-0.05, 0) is 24.3 Å². The summed E-state index contributed by atoms with van der Waals surface area (Å²) in [5, 5.41) is 5.39. The Morgan fingerprint density at radius 2 is 2.26 bits per heavy atom. The van der Waals surface area contributed by atoms with Crippen molar-refractivity contribution < 1.29 is 13.9 Å². The molecule has 100 valence electrons. The number of rotatable bonds is 4. The third kappa shape index (κ3) is 3.45. The molecule has 0 amide bonds. The van der Waals surface area contributed by atoms with E-state index in [2.05, 4.69) is 10.1 Å². The molecule has 2 aromatic rings. The van der Waals surface area contributed by atoms with E-state index < -0.39 is 11.8 Å². The Balaban J connectivity index is 2.12. The molecule has 3 nitrogen and oxygen atoms in total. The Kier molecular flexibility index (Phi) is 4.39. The van der Waals surface area contributed by atoms with Gasteiger partial charge in [0.1, 0.15) is 5.82 Å². The van der Waals surface area contributed by atoms with Gasteiger partial charge in [-0.3, -0.25) is 0 Å². The predicted octanol–water partition coefficient (Wildman–Crippen LogP) is 3.94. The van der Waals surface area contributed by atoms with Crippen LogP contribution in [0.5, 0.6) is 0 Å². The molecule has 1 heterocycles. The summed E-state index contributed by atoms with van der Waals surface area (Å²) in [7, 11) is 1.28. The van der Waals surface area contributed by atoms with E-state index in [9.17, 15) is 9.18 Å². The molecule has 0 fully saturated rings. The summed E-state index contributed by atoms with van der Waals surface area (Å²) in [6.07, 6.45) is 0. The van der Waals surface area contributed by atoms with E-state index in [0.29, 0.717) is 17.1 Å². The molecule has 0 saturated heterocycles. The summed E-state index contributed by atoms with van der Waals surface area (Å²) in [5.74, 6) is -0.919. The van der Waals surface area contributed by atoms with Crippen molar-refractivity contribution in [3.63, 3.8) is 0 Å². The van der Waals surface area contributed by atoms with Crippen molar-refractivity contribution in [1.29, 1.82) is 0 Å². The molecule has 0 bridgehead atoms. The topological polar surface area (TPSA) is 38.3 Å². The summed E-state index contributed by atoms with van der Waals surface area (Å²) in [6.45, 7) is 0.443. The fourth-order valence-corrected chi connectivity index (χ4v) is 2.55. The number of hydrogen-bond donors (Lipinski definition) is 1. The van der Waals surface area contributed by atoms with Crippen molar-refractivity contribution in [2.45, 2.75) is 6.54 Å². The van der Waals surface area contributed by atoms with Crippen LogP contribution in [0.25, 0.3) is 0 Å². The van der Waals surface area contributed by atoms with Gasteiger partial charge in [-0.15, -0.1) is 11.3 Å². The molecule has 0 aliphatic rings. The summed E-state index contributed by atoms with van der Waals surface area (Å²) in [6, 6.07) is 5.85. The van der Waals surface area contributed by atoms with Crippen LogP contribution in [0.15, 0.2) is 29.6 Å². The second-order valence-corrected chi connectivity index (χ2v) is 5.20. The first-order valence-corrected chi connectivity index (χ1v) is 6.70. The van der Waals surface area contributed by atoms with Gasteiger partial charge in [-0.25, -0.2) is 9.18 Å². The summed E-state index contributed by atoms with van der Waals surface area (Å²) in [5.41, 5.74) is 0.558. The number of ether oxygens (including phenoxy) is 1. The molecule has 0 radical (unpaired) electrons. The zero-order valence-electron chi connectivity index (χ0n) is 10.1. The average molecular weight is 300 g/mol. The number of carbonyl (C=O) groups is 1. The third-order valence-corrected chi connectivity index (χ3v) is 3.75. The molecule has 0 aliphatic carbocycles. The van der Waals surface area contributed by atoms with Crippen molar-refractivity contribution in [2.24, 2.45) is 0 Å². The minimum Gasteiger partial charge on any atom is -0.465 e. The average Bonchev–Trinajstić information content (AvgIpc) is 2.82. The molecule has 6 heteroatoms. The first-order chi connectivity index (χ1) is 9.10. The van der Waals surface area contributed by atoms with E-state index in [0.717, 1.165) is 4.88 Å². The number of esters is 1. The predicted molar refractivity (Wildman–Crippen MR) is 74.4 cm³/mol. The van der Waals surface area contributed by atoms with Gasteiger partial charge in [-0.1, -0.05) is 11.6 Å². The molecule has 1 aromatic carbocycles. The maximum atomic E-state index is 13.6. The molecular weight excluding hydrogens is 289 g/mol. The summed E-state index contributed by atoms with van der Waals surface area (Å²) in [4.78, 5) is 12.3. The SMILES string of the molecule is COC(=O)c1ccc(F)c(NCc2cc(Cl)cs2)c1. The van der Waals surface area contributed by atoms with E-state index in [-0.39, 0.29) is 5.69 Å². The van der Waals surface area contributed by atoms with Gasteiger partial charge in [0, 0.05) is 16.8 Å². The number of thiophene rings is 1. The highest BCUT2D eigenvalue weighted by atomic mass is 35.5. The van der Waals surface area contributed by atoms with Crippen molar-refractivity contribution >= 4 is 34.6 Å². The van der Waals surface area contributed by atoms with E-state index in [1.54, 1.807) is 11.4 Å². The highest BCUT2D eigenvalue weighted by molar-refractivity contribution is 7.10. The number of benzene rings is 1. The highest BCUT2D eigenvalue weighted by Gasteiger charge is 2.10. The van der Waals surface area contributed by atoms with Crippen LogP contribution in [0.1, 0.15) is 15.2 Å². The number of carbonyl (C=O) groups excluding carboxylic acids is 1. The van der Waals surface area contributed by atoms with E-state index in [4.69, 9.17) is 11.6 Å². The second-order valence-electron chi connectivity index (χ2n) is 3.77. The molecule has 1 N–H and O–H groups in total. The first-order valence-electron chi connectivity index (χ1n) is 5.45. The van der Waals surface area contributed by atoms with E-state index >= 15 is 0 Å². The second kappa shape index (κ2) is 6.04. The Bertz CT molecular complexity index is 600. The van der Waals surface area contributed by atoms with Crippen LogP contribution < -0.4 is 5.32 Å². The van der Waals surface area contributed by atoms with Crippen LogP contribution >= 0.6 is 22.9 Å². The highest BCUT2D eigenvalue weighted by Crippen LogP contribution is 2.22. The van der Waals surface area contributed by atoms with Crippen LogP contribution in [-0.4, -0.2) is 13.1 Å². The monoisotopic (exact) mass is 299 g/mol. The number of hydrogen-bond acceptors (Lipinski definition) is 4. The number of nitrogens with one attached hydrogen (secondary N) is 1. The smallest absolute Gasteiger partial charge is 0.337 e. The van der Waals surface area contributed by atoms with Gasteiger partial charge in [0.2, 0.25) is 0 Å². The Morgan fingerprint density at radius 3 is 2.89 bits per heavy atom. The lowest BCUT2D eigenvalue weighted by molar-refractivity contribution is 0.0600. The molecular formula is C13H11ClFNO2S. The van der Waals surface area contributed by atoms with Gasteiger partial charge >= 0.3 is 5.97 Å². The zero-order chi connectivity index (χ0) is 13.8. The molecule has 0 atom stereocenters. The summed E-state index contributed by atoms with van der Waals surface area (Å²) >= 11 is 7.29. The van der Waals surface area contributed by atoms with Gasteiger partial charge in [0.05, 0.1) is 23.4 Å². The maximum Gasteiger partial charge on any atom is 0.337 e. The molecule has 0 aliphatic heterocycles. The van der Waals surface area contributed by atoms with Crippen LogP contribution in [0.4, 0.5) is 10.1 Å². The maximum absolute atomic E-state index is 13.6. The normalized spacial score (nSPS) is 10.3. The van der Waals surface area contributed by atoms with Crippen molar-refractivity contribution in [3.8, 4) is 0 Å². The van der Waals surface area contributed by atoms with Gasteiger partial charge < -0.3 is 10.1 Å². The van der Waals surface area contributed by atoms with Crippen molar-refractivity contribution in [1.82, 2.24) is 0 Å². The first kappa shape index (κ1) is 13.8. The lowest BCUT2D eigenvalue weighted by Crippen LogP contribution is -2.05. The third-order valence-electron chi connectivity index (χ3n) is 2.46. The van der Waals surface area contributed by atoms with Crippen LogP contribution in [0.2, 0.25) is 5.02 Å². The molecule has 0 spiro atoms.